The molecule has 0 aliphatic rings. The van der Waals surface area contributed by atoms with E-state index >= 15 is 0 Å². The summed E-state index contributed by atoms with van der Waals surface area (Å²) in [6.07, 6.45) is 2.53. The Morgan fingerprint density at radius 3 is 2.60 bits per heavy atom. The molecule has 5 heteroatoms. The zero-order valence-corrected chi connectivity index (χ0v) is 12.9. The monoisotopic (exact) mass is 353 g/mol. The van der Waals surface area contributed by atoms with E-state index in [4.69, 9.17) is 11.6 Å². The number of aliphatic carboxylic acids is 1. The van der Waals surface area contributed by atoms with Gasteiger partial charge in [0.25, 0.3) is 0 Å². The highest BCUT2D eigenvalue weighted by molar-refractivity contribution is 9.10. The number of carboxylic acids is 1. The van der Waals surface area contributed by atoms with E-state index in [2.05, 4.69) is 20.9 Å². The van der Waals surface area contributed by atoms with Gasteiger partial charge in [0.1, 0.15) is 5.15 Å². The summed E-state index contributed by atoms with van der Waals surface area (Å²) in [5.41, 5.74) is 1.86. The molecule has 0 saturated carbocycles. The fraction of sp³-hybridized carbons (Fsp3) is 0.200. The zero-order chi connectivity index (χ0) is 14.5. The number of pyridine rings is 1. The van der Waals surface area contributed by atoms with Gasteiger partial charge in [0.2, 0.25) is 0 Å². The Morgan fingerprint density at radius 2 is 2.00 bits per heavy atom. The molecule has 104 valence electrons. The lowest BCUT2D eigenvalue weighted by molar-refractivity contribution is -0.141. The highest BCUT2D eigenvalue weighted by Gasteiger charge is 2.19. The van der Waals surface area contributed by atoms with Crippen LogP contribution in [0.5, 0.6) is 0 Å². The minimum absolute atomic E-state index is 0.409. The summed E-state index contributed by atoms with van der Waals surface area (Å²) in [5.74, 6) is -1.30. The maximum absolute atomic E-state index is 11.4. The Balaban J connectivity index is 2.14. The number of aromatic nitrogens is 1. The molecule has 1 aromatic heterocycles. The lowest BCUT2D eigenvalue weighted by Gasteiger charge is -2.13. The standard InChI is InChI=1S/C15H13BrClNO2/c16-13-4-2-1-3-11(13)8-12(15(19)20)7-10-5-6-14(17)18-9-10/h1-6,9,12H,7-8H2,(H,19,20). The first-order valence-corrected chi connectivity index (χ1v) is 7.30. The number of rotatable bonds is 5. The first-order chi connectivity index (χ1) is 9.56. The zero-order valence-electron chi connectivity index (χ0n) is 10.6. The molecule has 0 amide bonds. The van der Waals surface area contributed by atoms with E-state index in [9.17, 15) is 9.90 Å². The summed E-state index contributed by atoms with van der Waals surface area (Å²) in [5, 5.41) is 9.79. The summed E-state index contributed by atoms with van der Waals surface area (Å²) in [4.78, 5) is 15.4. The molecule has 1 unspecified atom stereocenters. The van der Waals surface area contributed by atoms with E-state index in [0.29, 0.717) is 18.0 Å². The van der Waals surface area contributed by atoms with Crippen molar-refractivity contribution in [1.29, 1.82) is 0 Å². The molecule has 0 aliphatic carbocycles. The summed E-state index contributed by atoms with van der Waals surface area (Å²) in [7, 11) is 0. The van der Waals surface area contributed by atoms with Crippen LogP contribution in [-0.2, 0) is 17.6 Å². The molecule has 0 radical (unpaired) electrons. The Bertz CT molecular complexity index is 601. The Labute approximate surface area is 130 Å². The lowest BCUT2D eigenvalue weighted by Crippen LogP contribution is -2.19. The van der Waals surface area contributed by atoms with Crippen LogP contribution in [0.1, 0.15) is 11.1 Å². The first-order valence-electron chi connectivity index (χ1n) is 6.13. The Hall–Kier alpha value is -1.39. The molecule has 1 aromatic carbocycles. The van der Waals surface area contributed by atoms with Gasteiger partial charge in [-0.05, 0) is 36.1 Å². The van der Waals surface area contributed by atoms with Gasteiger partial charge in [0.05, 0.1) is 5.92 Å². The number of nitrogens with zero attached hydrogens (tertiary/aromatic N) is 1. The van der Waals surface area contributed by atoms with Crippen LogP contribution >= 0.6 is 27.5 Å². The van der Waals surface area contributed by atoms with Gasteiger partial charge in [-0.3, -0.25) is 4.79 Å². The topological polar surface area (TPSA) is 50.2 Å². The summed E-state index contributed by atoms with van der Waals surface area (Å²) >= 11 is 9.17. The summed E-state index contributed by atoms with van der Waals surface area (Å²) < 4.78 is 0.931. The Morgan fingerprint density at radius 1 is 1.25 bits per heavy atom. The van der Waals surface area contributed by atoms with Crippen molar-refractivity contribution in [2.24, 2.45) is 5.92 Å². The molecule has 0 spiro atoms. The molecule has 20 heavy (non-hydrogen) atoms. The van der Waals surface area contributed by atoms with Crippen LogP contribution in [0.3, 0.4) is 0 Å². The molecule has 1 atom stereocenters. The van der Waals surface area contributed by atoms with Gasteiger partial charge in [0.15, 0.2) is 0 Å². The predicted octanol–water partition coefficient (Wildman–Crippen LogP) is 3.98. The van der Waals surface area contributed by atoms with Crippen molar-refractivity contribution in [1.82, 2.24) is 4.98 Å². The second kappa shape index (κ2) is 6.86. The van der Waals surface area contributed by atoms with E-state index < -0.39 is 11.9 Å². The van der Waals surface area contributed by atoms with Crippen LogP contribution in [0, 0.1) is 5.92 Å². The fourth-order valence-electron chi connectivity index (χ4n) is 1.99. The predicted molar refractivity (Wildman–Crippen MR) is 81.9 cm³/mol. The highest BCUT2D eigenvalue weighted by Crippen LogP contribution is 2.22. The minimum atomic E-state index is -0.810. The van der Waals surface area contributed by atoms with Gasteiger partial charge in [0, 0.05) is 10.7 Å². The van der Waals surface area contributed by atoms with E-state index in [1.165, 1.54) is 0 Å². The number of carbonyl (C=O) groups is 1. The summed E-state index contributed by atoms with van der Waals surface area (Å²) in [6, 6.07) is 11.1. The highest BCUT2D eigenvalue weighted by atomic mass is 79.9. The maximum atomic E-state index is 11.4. The van der Waals surface area contributed by atoms with Crippen molar-refractivity contribution >= 4 is 33.5 Å². The van der Waals surface area contributed by atoms with Gasteiger partial charge in [-0.2, -0.15) is 0 Å². The lowest BCUT2D eigenvalue weighted by atomic mass is 9.93. The molecule has 0 fully saturated rings. The number of carboxylic acid groups (broad SMARTS) is 1. The molecule has 0 aliphatic heterocycles. The van der Waals surface area contributed by atoms with Crippen LogP contribution < -0.4 is 0 Å². The third-order valence-electron chi connectivity index (χ3n) is 3.04. The van der Waals surface area contributed by atoms with Crippen LogP contribution in [0.2, 0.25) is 5.15 Å². The Kier molecular flexibility index (Phi) is 5.15. The van der Waals surface area contributed by atoms with E-state index in [1.807, 2.05) is 30.3 Å². The van der Waals surface area contributed by atoms with E-state index in [1.54, 1.807) is 12.3 Å². The molecule has 1 heterocycles. The molecule has 2 rings (SSSR count). The SMILES string of the molecule is O=C(O)C(Cc1ccc(Cl)nc1)Cc1ccccc1Br. The van der Waals surface area contributed by atoms with E-state index in [0.717, 1.165) is 15.6 Å². The average molecular weight is 355 g/mol. The van der Waals surface area contributed by atoms with E-state index in [-0.39, 0.29) is 0 Å². The third-order valence-corrected chi connectivity index (χ3v) is 4.04. The number of hydrogen-bond acceptors (Lipinski definition) is 2. The van der Waals surface area contributed by atoms with Gasteiger partial charge in [-0.1, -0.05) is 51.8 Å². The van der Waals surface area contributed by atoms with Gasteiger partial charge in [-0.25, -0.2) is 4.98 Å². The van der Waals surface area contributed by atoms with Crippen molar-refractivity contribution in [2.45, 2.75) is 12.8 Å². The van der Waals surface area contributed by atoms with Crippen molar-refractivity contribution in [3.63, 3.8) is 0 Å². The largest absolute Gasteiger partial charge is 0.481 e. The van der Waals surface area contributed by atoms with Crippen molar-refractivity contribution in [3.8, 4) is 0 Å². The normalized spacial score (nSPS) is 12.1. The van der Waals surface area contributed by atoms with Gasteiger partial charge < -0.3 is 5.11 Å². The smallest absolute Gasteiger partial charge is 0.307 e. The average Bonchev–Trinajstić information content (AvgIpc) is 2.42. The molecule has 2 aromatic rings. The van der Waals surface area contributed by atoms with Crippen molar-refractivity contribution < 1.29 is 9.90 Å². The molecule has 1 N–H and O–H groups in total. The second-order valence-electron chi connectivity index (χ2n) is 4.52. The van der Waals surface area contributed by atoms with Crippen LogP contribution in [-0.4, -0.2) is 16.1 Å². The molecular weight excluding hydrogens is 342 g/mol. The number of halogens is 2. The fourth-order valence-corrected chi connectivity index (χ4v) is 2.55. The molecule has 0 saturated heterocycles. The molecule has 0 bridgehead atoms. The number of hydrogen-bond donors (Lipinski definition) is 1. The van der Waals surface area contributed by atoms with Crippen molar-refractivity contribution in [3.05, 3.63) is 63.3 Å². The van der Waals surface area contributed by atoms with Gasteiger partial charge >= 0.3 is 5.97 Å². The minimum Gasteiger partial charge on any atom is -0.481 e. The molecule has 3 nitrogen and oxygen atoms in total. The maximum Gasteiger partial charge on any atom is 0.307 e. The summed E-state index contributed by atoms with van der Waals surface area (Å²) in [6.45, 7) is 0. The number of benzene rings is 1. The van der Waals surface area contributed by atoms with Gasteiger partial charge in [-0.15, -0.1) is 0 Å². The first kappa shape index (κ1) is 15.0. The second-order valence-corrected chi connectivity index (χ2v) is 5.77. The third kappa shape index (κ3) is 4.05. The van der Waals surface area contributed by atoms with Crippen molar-refractivity contribution in [2.75, 3.05) is 0 Å². The van der Waals surface area contributed by atoms with Crippen LogP contribution in [0.15, 0.2) is 47.1 Å². The molecular formula is C15H13BrClNO2. The quantitative estimate of drug-likeness (QED) is 0.826. The van der Waals surface area contributed by atoms with Crippen LogP contribution in [0.25, 0.3) is 0 Å². The van der Waals surface area contributed by atoms with Crippen LogP contribution in [0.4, 0.5) is 0 Å².